The molecular formula is C14H14ClFO2. The zero-order valence-corrected chi connectivity index (χ0v) is 11.0. The van der Waals surface area contributed by atoms with E-state index in [-0.39, 0.29) is 5.75 Å². The summed E-state index contributed by atoms with van der Waals surface area (Å²) >= 11 is 6.27. The largest absolute Gasteiger partial charge is 0.494 e. The van der Waals surface area contributed by atoms with Gasteiger partial charge in [0.2, 0.25) is 0 Å². The molecule has 1 aromatic carbocycles. The molecule has 1 heterocycles. The van der Waals surface area contributed by atoms with Gasteiger partial charge in [0.1, 0.15) is 16.9 Å². The summed E-state index contributed by atoms with van der Waals surface area (Å²) in [5, 5.41) is -0.495. The van der Waals surface area contributed by atoms with Crippen molar-refractivity contribution in [3.05, 3.63) is 53.2 Å². The smallest absolute Gasteiger partial charge is 0.165 e. The highest BCUT2D eigenvalue weighted by Gasteiger charge is 2.16. The van der Waals surface area contributed by atoms with Crippen molar-refractivity contribution in [2.75, 3.05) is 7.11 Å². The van der Waals surface area contributed by atoms with Gasteiger partial charge in [0.15, 0.2) is 11.6 Å². The summed E-state index contributed by atoms with van der Waals surface area (Å²) in [6, 6.07) is 8.35. The van der Waals surface area contributed by atoms with Crippen LogP contribution in [0.25, 0.3) is 0 Å². The number of benzene rings is 1. The molecule has 1 unspecified atom stereocenters. The Labute approximate surface area is 110 Å². The summed E-state index contributed by atoms with van der Waals surface area (Å²) in [5.74, 6) is 1.27. The molecule has 1 atom stereocenters. The molecule has 0 N–H and O–H groups in total. The van der Waals surface area contributed by atoms with Gasteiger partial charge in [-0.15, -0.1) is 11.6 Å². The van der Waals surface area contributed by atoms with E-state index in [1.807, 2.05) is 19.1 Å². The molecule has 4 heteroatoms. The van der Waals surface area contributed by atoms with Crippen LogP contribution in [0.5, 0.6) is 5.75 Å². The summed E-state index contributed by atoms with van der Waals surface area (Å²) in [5.41, 5.74) is 0.645. The van der Waals surface area contributed by atoms with Crippen LogP contribution in [0.4, 0.5) is 4.39 Å². The first-order valence-corrected chi connectivity index (χ1v) is 6.15. The average Bonchev–Trinajstić information content (AvgIpc) is 2.86. The van der Waals surface area contributed by atoms with E-state index in [4.69, 9.17) is 20.8 Å². The molecule has 2 nitrogen and oxygen atoms in total. The predicted molar refractivity (Wildman–Crippen MR) is 68.7 cm³/mol. The lowest BCUT2D eigenvalue weighted by molar-refractivity contribution is 0.386. The average molecular weight is 269 g/mol. The highest BCUT2D eigenvalue weighted by Crippen LogP contribution is 2.32. The number of halogens is 2. The molecule has 96 valence electrons. The first-order chi connectivity index (χ1) is 8.65. The van der Waals surface area contributed by atoms with Crippen molar-refractivity contribution in [1.82, 2.24) is 0 Å². The van der Waals surface area contributed by atoms with Gasteiger partial charge in [-0.3, -0.25) is 0 Å². The Morgan fingerprint density at radius 2 is 2.11 bits per heavy atom. The molecule has 0 aliphatic carbocycles. The highest BCUT2D eigenvalue weighted by molar-refractivity contribution is 6.22. The van der Waals surface area contributed by atoms with E-state index in [1.165, 1.54) is 13.2 Å². The van der Waals surface area contributed by atoms with E-state index in [2.05, 4.69) is 0 Å². The Balaban J connectivity index is 2.27. The lowest BCUT2D eigenvalue weighted by Gasteiger charge is -2.09. The molecular weight excluding hydrogens is 255 g/mol. The fourth-order valence-electron chi connectivity index (χ4n) is 1.73. The Bertz CT molecular complexity index is 536. The third-order valence-electron chi connectivity index (χ3n) is 2.75. The van der Waals surface area contributed by atoms with E-state index >= 15 is 0 Å². The fourth-order valence-corrected chi connectivity index (χ4v) is 1.98. The maximum Gasteiger partial charge on any atom is 0.165 e. The van der Waals surface area contributed by atoms with E-state index in [1.54, 1.807) is 12.1 Å². The van der Waals surface area contributed by atoms with E-state index in [9.17, 15) is 4.39 Å². The van der Waals surface area contributed by atoms with Gasteiger partial charge in [0.25, 0.3) is 0 Å². The monoisotopic (exact) mass is 268 g/mol. The van der Waals surface area contributed by atoms with Crippen molar-refractivity contribution in [2.24, 2.45) is 0 Å². The minimum absolute atomic E-state index is 0.205. The van der Waals surface area contributed by atoms with Gasteiger partial charge in [-0.1, -0.05) is 13.0 Å². The normalized spacial score (nSPS) is 12.4. The van der Waals surface area contributed by atoms with Gasteiger partial charge in [0, 0.05) is 6.42 Å². The maximum absolute atomic E-state index is 13.6. The summed E-state index contributed by atoms with van der Waals surface area (Å²) < 4.78 is 24.0. The van der Waals surface area contributed by atoms with Crippen LogP contribution in [0.15, 0.2) is 34.7 Å². The molecule has 0 amide bonds. The van der Waals surface area contributed by atoms with Crippen LogP contribution in [-0.2, 0) is 6.42 Å². The number of ether oxygens (including phenoxy) is 1. The summed E-state index contributed by atoms with van der Waals surface area (Å²) in [6.07, 6.45) is 0.806. The molecule has 0 aliphatic rings. The minimum Gasteiger partial charge on any atom is -0.494 e. The number of hydrogen-bond acceptors (Lipinski definition) is 2. The Morgan fingerprint density at radius 1 is 1.33 bits per heavy atom. The van der Waals surface area contributed by atoms with Crippen LogP contribution in [0.2, 0.25) is 0 Å². The quantitative estimate of drug-likeness (QED) is 0.771. The number of methoxy groups -OCH3 is 1. The van der Waals surface area contributed by atoms with Crippen molar-refractivity contribution < 1.29 is 13.5 Å². The highest BCUT2D eigenvalue weighted by atomic mass is 35.5. The number of rotatable bonds is 4. The Hall–Kier alpha value is -1.48. The van der Waals surface area contributed by atoms with Crippen LogP contribution in [0, 0.1) is 5.82 Å². The van der Waals surface area contributed by atoms with Crippen molar-refractivity contribution in [1.29, 1.82) is 0 Å². The molecule has 18 heavy (non-hydrogen) atoms. The molecule has 0 radical (unpaired) electrons. The third-order valence-corrected chi connectivity index (χ3v) is 3.22. The Kier molecular flexibility index (Phi) is 3.92. The summed E-state index contributed by atoms with van der Waals surface area (Å²) in [4.78, 5) is 0. The van der Waals surface area contributed by atoms with E-state index in [0.717, 1.165) is 12.2 Å². The zero-order chi connectivity index (χ0) is 13.1. The van der Waals surface area contributed by atoms with Gasteiger partial charge in [-0.05, 0) is 29.8 Å². The zero-order valence-electron chi connectivity index (χ0n) is 10.2. The van der Waals surface area contributed by atoms with Gasteiger partial charge < -0.3 is 9.15 Å². The maximum atomic E-state index is 13.6. The standard InChI is InChI=1S/C14H14ClFO2/c1-3-10-5-7-13(18-10)14(15)9-4-6-12(17-2)11(16)8-9/h4-8,14H,3H2,1-2H3. The molecule has 2 rings (SSSR count). The number of alkyl halides is 1. The summed E-state index contributed by atoms with van der Waals surface area (Å²) in [7, 11) is 1.43. The van der Waals surface area contributed by atoms with Crippen molar-refractivity contribution in [3.63, 3.8) is 0 Å². The van der Waals surface area contributed by atoms with Gasteiger partial charge in [-0.2, -0.15) is 0 Å². The molecule has 0 spiro atoms. The second-order valence-electron chi connectivity index (χ2n) is 3.91. The lowest BCUT2D eigenvalue weighted by Crippen LogP contribution is -1.94. The molecule has 0 fully saturated rings. The van der Waals surface area contributed by atoms with E-state index in [0.29, 0.717) is 11.3 Å². The molecule has 0 saturated heterocycles. The number of furan rings is 1. The number of aryl methyl sites for hydroxylation is 1. The van der Waals surface area contributed by atoms with Gasteiger partial charge in [0.05, 0.1) is 7.11 Å². The van der Waals surface area contributed by atoms with Crippen molar-refractivity contribution in [3.8, 4) is 5.75 Å². The van der Waals surface area contributed by atoms with Crippen LogP contribution in [0.3, 0.4) is 0 Å². The first kappa shape index (κ1) is 13.0. The predicted octanol–water partition coefficient (Wildman–Crippen LogP) is 4.32. The molecule has 2 aromatic rings. The minimum atomic E-state index is -0.495. The number of hydrogen-bond donors (Lipinski definition) is 0. The van der Waals surface area contributed by atoms with Crippen LogP contribution in [-0.4, -0.2) is 7.11 Å². The fraction of sp³-hybridized carbons (Fsp3) is 0.286. The van der Waals surface area contributed by atoms with Crippen LogP contribution < -0.4 is 4.74 Å². The van der Waals surface area contributed by atoms with Gasteiger partial charge >= 0.3 is 0 Å². The second-order valence-corrected chi connectivity index (χ2v) is 4.35. The second kappa shape index (κ2) is 5.44. The van der Waals surface area contributed by atoms with Crippen LogP contribution >= 0.6 is 11.6 Å². The molecule has 0 saturated carbocycles. The molecule has 0 aliphatic heterocycles. The van der Waals surface area contributed by atoms with Crippen molar-refractivity contribution in [2.45, 2.75) is 18.7 Å². The van der Waals surface area contributed by atoms with Crippen LogP contribution in [0.1, 0.15) is 29.4 Å². The molecule has 1 aromatic heterocycles. The Morgan fingerprint density at radius 3 is 2.67 bits per heavy atom. The summed E-state index contributed by atoms with van der Waals surface area (Å²) in [6.45, 7) is 2.00. The van der Waals surface area contributed by atoms with Gasteiger partial charge in [-0.25, -0.2) is 4.39 Å². The SMILES string of the molecule is CCc1ccc(C(Cl)c2ccc(OC)c(F)c2)o1. The topological polar surface area (TPSA) is 22.4 Å². The third kappa shape index (κ3) is 2.51. The van der Waals surface area contributed by atoms with Crippen molar-refractivity contribution >= 4 is 11.6 Å². The first-order valence-electron chi connectivity index (χ1n) is 5.71. The van der Waals surface area contributed by atoms with E-state index < -0.39 is 11.2 Å². The molecule has 0 bridgehead atoms. The lowest BCUT2D eigenvalue weighted by atomic mass is 10.1.